The van der Waals surface area contributed by atoms with E-state index in [-0.39, 0.29) is 17.2 Å². The van der Waals surface area contributed by atoms with Gasteiger partial charge in [0, 0.05) is 11.0 Å². The van der Waals surface area contributed by atoms with Crippen LogP contribution in [0.25, 0.3) is 10.9 Å². The molecular formula is C21H19BrN4O2S. The number of rotatable bonds is 7. The maximum atomic E-state index is 12.8. The first-order valence-electron chi connectivity index (χ1n) is 8.78. The summed E-state index contributed by atoms with van der Waals surface area (Å²) in [5, 5.41) is 4.99. The molecule has 0 aliphatic rings. The molecule has 0 bridgehead atoms. The van der Waals surface area contributed by atoms with E-state index in [0.29, 0.717) is 22.6 Å². The fraction of sp³-hybridized carbons (Fsp3) is 0.143. The number of nitrogens with zero attached hydrogens (tertiary/aromatic N) is 3. The summed E-state index contributed by atoms with van der Waals surface area (Å²) < 4.78 is 2.48. The van der Waals surface area contributed by atoms with Gasteiger partial charge in [0.2, 0.25) is 0 Å². The minimum Gasteiger partial charge on any atom is -0.283 e. The van der Waals surface area contributed by atoms with E-state index in [0.717, 1.165) is 15.6 Å². The van der Waals surface area contributed by atoms with Crippen LogP contribution in [0.2, 0.25) is 0 Å². The van der Waals surface area contributed by atoms with Crippen LogP contribution < -0.4 is 11.0 Å². The van der Waals surface area contributed by atoms with Gasteiger partial charge in [-0.3, -0.25) is 14.2 Å². The van der Waals surface area contributed by atoms with Gasteiger partial charge in [0.05, 0.1) is 22.9 Å². The fourth-order valence-corrected chi connectivity index (χ4v) is 3.80. The number of allylic oxidation sites excluding steroid dienone is 1. The van der Waals surface area contributed by atoms with Crippen molar-refractivity contribution >= 4 is 50.7 Å². The Balaban J connectivity index is 1.73. The highest BCUT2D eigenvalue weighted by Gasteiger charge is 2.13. The zero-order chi connectivity index (χ0) is 20.8. The van der Waals surface area contributed by atoms with Crippen molar-refractivity contribution in [2.75, 3.05) is 5.75 Å². The highest BCUT2D eigenvalue weighted by Crippen LogP contribution is 2.18. The average Bonchev–Trinajstić information content (AvgIpc) is 2.69. The number of hydrogen-bond acceptors (Lipinski definition) is 5. The highest BCUT2D eigenvalue weighted by molar-refractivity contribution is 9.10. The molecule has 0 aliphatic heterocycles. The molecule has 0 saturated heterocycles. The molecule has 8 heteroatoms. The number of amides is 1. The minimum atomic E-state index is -0.287. The maximum absolute atomic E-state index is 12.8. The second-order valence-corrected chi connectivity index (χ2v) is 8.25. The third-order valence-corrected chi connectivity index (χ3v) is 5.31. The second kappa shape index (κ2) is 9.67. The molecule has 0 spiro atoms. The monoisotopic (exact) mass is 470 g/mol. The maximum Gasteiger partial charge on any atom is 0.262 e. The van der Waals surface area contributed by atoms with Gasteiger partial charge in [-0.1, -0.05) is 64.1 Å². The van der Waals surface area contributed by atoms with E-state index in [1.807, 2.05) is 37.3 Å². The van der Waals surface area contributed by atoms with E-state index in [9.17, 15) is 9.59 Å². The van der Waals surface area contributed by atoms with Gasteiger partial charge in [0.15, 0.2) is 5.16 Å². The van der Waals surface area contributed by atoms with Crippen LogP contribution in [-0.2, 0) is 11.3 Å². The predicted molar refractivity (Wildman–Crippen MR) is 121 cm³/mol. The Morgan fingerprint density at radius 3 is 2.86 bits per heavy atom. The third-order valence-electron chi connectivity index (χ3n) is 3.84. The van der Waals surface area contributed by atoms with Crippen LogP contribution in [0, 0.1) is 0 Å². The normalized spacial score (nSPS) is 11.1. The van der Waals surface area contributed by atoms with Crippen molar-refractivity contribution < 1.29 is 4.79 Å². The van der Waals surface area contributed by atoms with E-state index in [1.54, 1.807) is 29.0 Å². The molecule has 0 radical (unpaired) electrons. The molecule has 1 amide bonds. The van der Waals surface area contributed by atoms with E-state index in [1.165, 1.54) is 11.8 Å². The van der Waals surface area contributed by atoms with Crippen LogP contribution in [0.15, 0.2) is 80.2 Å². The average molecular weight is 471 g/mol. The molecule has 29 heavy (non-hydrogen) atoms. The molecule has 3 aromatic rings. The van der Waals surface area contributed by atoms with Gasteiger partial charge in [0.25, 0.3) is 11.5 Å². The fourth-order valence-electron chi connectivity index (χ4n) is 2.60. The molecule has 0 fully saturated rings. The van der Waals surface area contributed by atoms with Gasteiger partial charge in [-0.2, -0.15) is 5.10 Å². The molecule has 0 saturated carbocycles. The van der Waals surface area contributed by atoms with Crippen molar-refractivity contribution in [3.63, 3.8) is 0 Å². The molecule has 1 aromatic heterocycles. The summed E-state index contributed by atoms with van der Waals surface area (Å²) in [6.45, 7) is 6.08. The largest absolute Gasteiger partial charge is 0.283 e. The van der Waals surface area contributed by atoms with Crippen molar-refractivity contribution in [3.05, 3.63) is 81.1 Å². The minimum absolute atomic E-state index is 0.0802. The van der Waals surface area contributed by atoms with Gasteiger partial charge in [-0.05, 0) is 36.8 Å². The number of carbonyl (C=O) groups excluding carboxylic acids is 1. The van der Waals surface area contributed by atoms with Crippen molar-refractivity contribution in [1.29, 1.82) is 0 Å². The summed E-state index contributed by atoms with van der Waals surface area (Å²) in [6, 6.07) is 14.7. The lowest BCUT2D eigenvalue weighted by atomic mass is 10.2. The highest BCUT2D eigenvalue weighted by atomic mass is 79.9. The number of hydrogen-bond donors (Lipinski definition) is 1. The SMILES string of the molecule is C=C(C)Cn1c(SCC(=O)N/N=C/c2cccc(Br)c2)nc2ccccc2c1=O. The smallest absolute Gasteiger partial charge is 0.262 e. The van der Waals surface area contributed by atoms with Crippen LogP contribution in [0.4, 0.5) is 0 Å². The van der Waals surface area contributed by atoms with Gasteiger partial charge < -0.3 is 0 Å². The standard InChI is InChI=1S/C21H19BrN4O2S/c1-14(2)12-26-20(28)17-8-3-4-9-18(17)24-21(26)29-13-19(27)25-23-11-15-6-5-7-16(22)10-15/h3-11H,1,12-13H2,2H3,(H,25,27)/b23-11+. The number of carbonyl (C=O) groups is 1. The van der Waals surface area contributed by atoms with E-state index in [2.05, 4.69) is 38.0 Å². The van der Waals surface area contributed by atoms with Gasteiger partial charge >= 0.3 is 0 Å². The lowest BCUT2D eigenvalue weighted by molar-refractivity contribution is -0.118. The zero-order valence-electron chi connectivity index (χ0n) is 15.8. The van der Waals surface area contributed by atoms with Gasteiger partial charge in [-0.15, -0.1) is 0 Å². The Kier molecular flexibility index (Phi) is 7.00. The number of benzene rings is 2. The number of thioether (sulfide) groups is 1. The lowest BCUT2D eigenvalue weighted by Gasteiger charge is -2.12. The number of nitrogens with one attached hydrogen (secondary N) is 1. The molecule has 0 atom stereocenters. The third kappa shape index (κ3) is 5.65. The first-order valence-corrected chi connectivity index (χ1v) is 10.6. The number of para-hydroxylation sites is 1. The number of halogens is 1. The number of fused-ring (bicyclic) bond motifs is 1. The molecule has 0 aliphatic carbocycles. The van der Waals surface area contributed by atoms with Gasteiger partial charge in [0.1, 0.15) is 0 Å². The summed E-state index contributed by atoms with van der Waals surface area (Å²) in [4.78, 5) is 29.6. The molecule has 3 rings (SSSR count). The lowest BCUT2D eigenvalue weighted by Crippen LogP contribution is -2.25. The molecule has 6 nitrogen and oxygen atoms in total. The van der Waals surface area contributed by atoms with Crippen molar-refractivity contribution in [2.24, 2.45) is 5.10 Å². The quantitative estimate of drug-likeness (QED) is 0.186. The van der Waals surface area contributed by atoms with Crippen LogP contribution in [0.3, 0.4) is 0 Å². The molecule has 1 heterocycles. The summed E-state index contributed by atoms with van der Waals surface area (Å²) in [5.41, 5.74) is 4.64. The Labute approximate surface area is 180 Å². The van der Waals surface area contributed by atoms with Crippen molar-refractivity contribution in [3.8, 4) is 0 Å². The molecule has 2 aromatic carbocycles. The Morgan fingerprint density at radius 2 is 2.10 bits per heavy atom. The van der Waals surface area contributed by atoms with Crippen LogP contribution in [0.5, 0.6) is 0 Å². The molecule has 148 valence electrons. The zero-order valence-corrected chi connectivity index (χ0v) is 18.2. The summed E-state index contributed by atoms with van der Waals surface area (Å²) in [7, 11) is 0. The van der Waals surface area contributed by atoms with Crippen LogP contribution in [0.1, 0.15) is 12.5 Å². The van der Waals surface area contributed by atoms with Crippen LogP contribution >= 0.6 is 27.7 Å². The predicted octanol–water partition coefficient (Wildman–Crippen LogP) is 3.98. The summed E-state index contributed by atoms with van der Waals surface area (Å²) in [6.07, 6.45) is 1.57. The molecule has 1 N–H and O–H groups in total. The van der Waals surface area contributed by atoms with Gasteiger partial charge in [-0.25, -0.2) is 10.4 Å². The summed E-state index contributed by atoms with van der Waals surface area (Å²) >= 11 is 4.58. The van der Waals surface area contributed by atoms with E-state index < -0.39 is 0 Å². The number of hydrazone groups is 1. The number of aromatic nitrogens is 2. The van der Waals surface area contributed by atoms with Crippen molar-refractivity contribution in [2.45, 2.75) is 18.6 Å². The summed E-state index contributed by atoms with van der Waals surface area (Å²) in [5.74, 6) is -0.206. The van der Waals surface area contributed by atoms with Crippen molar-refractivity contribution in [1.82, 2.24) is 15.0 Å². The van der Waals surface area contributed by atoms with Crippen LogP contribution in [-0.4, -0.2) is 27.4 Å². The molecular weight excluding hydrogens is 452 g/mol. The van der Waals surface area contributed by atoms with E-state index in [4.69, 9.17) is 0 Å². The Morgan fingerprint density at radius 1 is 1.31 bits per heavy atom. The van der Waals surface area contributed by atoms with E-state index >= 15 is 0 Å². The first-order chi connectivity index (χ1) is 13.9. The molecule has 0 unspecified atom stereocenters. The first kappa shape index (κ1) is 21.0. The Hall–Kier alpha value is -2.71. The topological polar surface area (TPSA) is 76.3 Å². The Bertz CT molecular complexity index is 1160. The second-order valence-electron chi connectivity index (χ2n) is 6.40.